The van der Waals surface area contributed by atoms with Crippen LogP contribution in [0.5, 0.6) is 0 Å². The number of carbonyl (C=O) groups excluding carboxylic acids is 1. The van der Waals surface area contributed by atoms with Crippen LogP contribution in [0.2, 0.25) is 10.0 Å². The van der Waals surface area contributed by atoms with E-state index in [2.05, 4.69) is 5.32 Å². The summed E-state index contributed by atoms with van der Waals surface area (Å²) in [5, 5.41) is 12.1. The number of rotatable bonds is 3. The van der Waals surface area contributed by atoms with Gasteiger partial charge in [0.2, 0.25) is 5.91 Å². The number of nitrogens with zero attached hydrogens (tertiary/aromatic N) is 1. The van der Waals surface area contributed by atoms with Crippen LogP contribution in [-0.4, -0.2) is 5.91 Å². The first-order valence-corrected chi connectivity index (χ1v) is 5.41. The van der Waals surface area contributed by atoms with E-state index < -0.39 is 0 Å². The minimum absolute atomic E-state index is 0.157. The summed E-state index contributed by atoms with van der Waals surface area (Å²) in [5.74, 6) is -0.319. The van der Waals surface area contributed by atoms with Crippen LogP contribution in [0, 0.1) is 11.3 Å². The standard InChI is InChI=1S/C11H10Cl2N2O/c1-7(15-11(16)4-5-14)9-3-2-8(12)6-10(9)13/h2-3,6-7H,4H2,1H3,(H,15,16)/t7-/m1/s1. The van der Waals surface area contributed by atoms with Crippen LogP contribution in [0.1, 0.15) is 24.9 Å². The summed E-state index contributed by atoms with van der Waals surface area (Å²) in [4.78, 5) is 11.2. The zero-order valence-electron chi connectivity index (χ0n) is 8.63. The number of hydrogen-bond acceptors (Lipinski definition) is 2. The van der Waals surface area contributed by atoms with Crippen molar-refractivity contribution >= 4 is 29.1 Å². The van der Waals surface area contributed by atoms with Crippen LogP contribution >= 0.6 is 23.2 Å². The van der Waals surface area contributed by atoms with Gasteiger partial charge in [0.15, 0.2) is 0 Å². The third-order valence-corrected chi connectivity index (χ3v) is 2.61. The predicted octanol–water partition coefficient (Wildman–Crippen LogP) is 3.08. The highest BCUT2D eigenvalue weighted by Gasteiger charge is 2.12. The summed E-state index contributed by atoms with van der Waals surface area (Å²) in [6.07, 6.45) is -0.157. The second kappa shape index (κ2) is 5.74. The number of carbonyl (C=O) groups is 1. The minimum atomic E-state index is -0.319. The molecule has 3 nitrogen and oxygen atoms in total. The first-order chi connectivity index (χ1) is 7.54. The fourth-order valence-corrected chi connectivity index (χ4v) is 1.87. The van der Waals surface area contributed by atoms with Crippen LogP contribution in [0.3, 0.4) is 0 Å². The summed E-state index contributed by atoms with van der Waals surface area (Å²) in [6, 6.07) is 6.61. The van der Waals surface area contributed by atoms with E-state index in [0.717, 1.165) is 5.56 Å². The zero-order chi connectivity index (χ0) is 12.1. The maximum Gasteiger partial charge on any atom is 0.234 e. The smallest absolute Gasteiger partial charge is 0.234 e. The Morgan fingerprint density at radius 2 is 2.25 bits per heavy atom. The molecule has 1 aromatic rings. The Balaban J connectivity index is 2.77. The molecule has 0 fully saturated rings. The fourth-order valence-electron chi connectivity index (χ4n) is 1.29. The number of hydrogen-bond donors (Lipinski definition) is 1. The zero-order valence-corrected chi connectivity index (χ0v) is 10.1. The van der Waals surface area contributed by atoms with Gasteiger partial charge in [0.1, 0.15) is 6.42 Å². The Kier molecular flexibility index (Phi) is 4.60. The molecule has 0 saturated heterocycles. The summed E-state index contributed by atoms with van der Waals surface area (Å²) in [7, 11) is 0. The number of benzene rings is 1. The molecule has 0 radical (unpaired) electrons. The van der Waals surface area contributed by atoms with E-state index in [9.17, 15) is 4.79 Å². The molecule has 0 aliphatic rings. The second-order valence-corrected chi connectivity index (χ2v) is 4.13. The molecule has 1 atom stereocenters. The van der Waals surface area contributed by atoms with Gasteiger partial charge in [-0.2, -0.15) is 5.26 Å². The van der Waals surface area contributed by atoms with Gasteiger partial charge in [-0.25, -0.2) is 0 Å². The molecule has 0 unspecified atom stereocenters. The van der Waals surface area contributed by atoms with Crippen molar-refractivity contribution in [2.45, 2.75) is 19.4 Å². The van der Waals surface area contributed by atoms with Gasteiger partial charge in [0.05, 0.1) is 12.1 Å². The van der Waals surface area contributed by atoms with Crippen molar-refractivity contribution < 1.29 is 4.79 Å². The predicted molar refractivity (Wildman–Crippen MR) is 63.2 cm³/mol. The Morgan fingerprint density at radius 1 is 1.56 bits per heavy atom. The molecule has 84 valence electrons. The quantitative estimate of drug-likeness (QED) is 0.904. The van der Waals surface area contributed by atoms with E-state index in [1.54, 1.807) is 31.2 Å². The molecule has 1 aromatic carbocycles. The van der Waals surface area contributed by atoms with E-state index >= 15 is 0 Å². The topological polar surface area (TPSA) is 52.9 Å². The minimum Gasteiger partial charge on any atom is -0.349 e. The van der Waals surface area contributed by atoms with Crippen molar-refractivity contribution in [1.82, 2.24) is 5.32 Å². The van der Waals surface area contributed by atoms with E-state index in [-0.39, 0.29) is 18.4 Å². The Morgan fingerprint density at radius 3 is 2.81 bits per heavy atom. The van der Waals surface area contributed by atoms with Crippen LogP contribution in [0.25, 0.3) is 0 Å². The highest BCUT2D eigenvalue weighted by atomic mass is 35.5. The van der Waals surface area contributed by atoms with Crippen molar-refractivity contribution in [3.8, 4) is 6.07 Å². The lowest BCUT2D eigenvalue weighted by Crippen LogP contribution is -2.26. The highest BCUT2D eigenvalue weighted by molar-refractivity contribution is 6.35. The van der Waals surface area contributed by atoms with E-state index in [0.29, 0.717) is 10.0 Å². The molecule has 1 rings (SSSR count). The average Bonchev–Trinajstić information content (AvgIpc) is 2.17. The molecule has 16 heavy (non-hydrogen) atoms. The summed E-state index contributed by atoms with van der Waals surface area (Å²) in [5.41, 5.74) is 0.775. The van der Waals surface area contributed by atoms with Crippen molar-refractivity contribution in [3.63, 3.8) is 0 Å². The maximum absolute atomic E-state index is 11.2. The van der Waals surface area contributed by atoms with Gasteiger partial charge >= 0.3 is 0 Å². The molecule has 0 aromatic heterocycles. The van der Waals surface area contributed by atoms with Crippen molar-refractivity contribution in [2.75, 3.05) is 0 Å². The average molecular weight is 257 g/mol. The molecule has 0 aliphatic heterocycles. The van der Waals surface area contributed by atoms with E-state index in [1.165, 1.54) is 0 Å². The molecule has 1 amide bonds. The molecule has 1 N–H and O–H groups in total. The second-order valence-electron chi connectivity index (χ2n) is 3.29. The van der Waals surface area contributed by atoms with Gasteiger partial charge in [-0.1, -0.05) is 29.3 Å². The Hall–Kier alpha value is -1.24. The Bertz CT molecular complexity index is 440. The van der Waals surface area contributed by atoms with Gasteiger partial charge in [-0.3, -0.25) is 4.79 Å². The van der Waals surface area contributed by atoms with Gasteiger partial charge in [0, 0.05) is 10.0 Å². The molecule has 5 heteroatoms. The molecule has 0 bridgehead atoms. The van der Waals surface area contributed by atoms with E-state index in [1.807, 2.05) is 0 Å². The van der Waals surface area contributed by atoms with Crippen molar-refractivity contribution in [3.05, 3.63) is 33.8 Å². The van der Waals surface area contributed by atoms with E-state index in [4.69, 9.17) is 28.5 Å². The molecule has 0 saturated carbocycles. The number of halogens is 2. The summed E-state index contributed by atoms with van der Waals surface area (Å²) >= 11 is 11.7. The third-order valence-electron chi connectivity index (χ3n) is 2.05. The lowest BCUT2D eigenvalue weighted by Gasteiger charge is -2.14. The normalized spacial score (nSPS) is 11.6. The largest absolute Gasteiger partial charge is 0.349 e. The molecule has 0 heterocycles. The molecular weight excluding hydrogens is 247 g/mol. The fraction of sp³-hybridized carbons (Fsp3) is 0.273. The first kappa shape index (κ1) is 12.8. The van der Waals surface area contributed by atoms with Gasteiger partial charge in [-0.05, 0) is 24.6 Å². The highest BCUT2D eigenvalue weighted by Crippen LogP contribution is 2.25. The lowest BCUT2D eigenvalue weighted by molar-refractivity contribution is -0.120. The number of nitriles is 1. The van der Waals surface area contributed by atoms with Crippen LogP contribution in [0.4, 0.5) is 0 Å². The summed E-state index contributed by atoms with van der Waals surface area (Å²) < 4.78 is 0. The van der Waals surface area contributed by atoms with Gasteiger partial charge in [0.25, 0.3) is 0 Å². The van der Waals surface area contributed by atoms with Crippen LogP contribution < -0.4 is 5.32 Å². The molecule has 0 spiro atoms. The van der Waals surface area contributed by atoms with Crippen molar-refractivity contribution in [2.24, 2.45) is 0 Å². The molecular formula is C11H10Cl2N2O. The van der Waals surface area contributed by atoms with Crippen LogP contribution in [-0.2, 0) is 4.79 Å². The SMILES string of the molecule is C[C@@H](NC(=O)CC#N)c1ccc(Cl)cc1Cl. The van der Waals surface area contributed by atoms with Crippen LogP contribution in [0.15, 0.2) is 18.2 Å². The van der Waals surface area contributed by atoms with Gasteiger partial charge in [-0.15, -0.1) is 0 Å². The number of amides is 1. The summed E-state index contributed by atoms with van der Waals surface area (Å²) in [6.45, 7) is 1.80. The monoisotopic (exact) mass is 256 g/mol. The lowest BCUT2D eigenvalue weighted by atomic mass is 10.1. The molecule has 0 aliphatic carbocycles. The first-order valence-electron chi connectivity index (χ1n) is 4.66. The number of nitrogens with one attached hydrogen (secondary N) is 1. The Labute approximate surface area is 104 Å². The third kappa shape index (κ3) is 3.41. The van der Waals surface area contributed by atoms with Crippen molar-refractivity contribution in [1.29, 1.82) is 5.26 Å². The maximum atomic E-state index is 11.2. The van der Waals surface area contributed by atoms with Gasteiger partial charge < -0.3 is 5.32 Å².